The second-order valence-electron chi connectivity index (χ2n) is 4.64. The van der Waals surface area contributed by atoms with Gasteiger partial charge < -0.3 is 14.8 Å². The van der Waals surface area contributed by atoms with Crippen molar-refractivity contribution in [2.75, 3.05) is 20.2 Å². The highest BCUT2D eigenvalue weighted by Crippen LogP contribution is 2.21. The molecule has 1 aromatic carbocycles. The van der Waals surface area contributed by atoms with Crippen LogP contribution in [0.25, 0.3) is 10.9 Å². The van der Waals surface area contributed by atoms with Crippen molar-refractivity contribution in [3.63, 3.8) is 0 Å². The summed E-state index contributed by atoms with van der Waals surface area (Å²) in [4.78, 5) is 8.71. The van der Waals surface area contributed by atoms with Crippen LogP contribution in [0, 0.1) is 0 Å². The van der Waals surface area contributed by atoms with Crippen molar-refractivity contribution < 1.29 is 9.47 Å². The first-order chi connectivity index (χ1) is 9.35. The molecule has 0 aliphatic carbocycles. The molecule has 3 rings (SSSR count). The van der Waals surface area contributed by atoms with Gasteiger partial charge in [0.2, 0.25) is 0 Å². The van der Waals surface area contributed by atoms with Gasteiger partial charge in [-0.25, -0.2) is 4.98 Å². The lowest BCUT2D eigenvalue weighted by atomic mass is 10.1. The monoisotopic (exact) mass is 259 g/mol. The third kappa shape index (κ3) is 2.76. The number of benzene rings is 1. The third-order valence-electron chi connectivity index (χ3n) is 3.33. The lowest BCUT2D eigenvalue weighted by molar-refractivity contribution is 0.149. The summed E-state index contributed by atoms with van der Waals surface area (Å²) in [5.41, 5.74) is 0.846. The van der Waals surface area contributed by atoms with Crippen LogP contribution in [0.15, 0.2) is 24.4 Å². The number of methoxy groups -OCH3 is 1. The Bertz CT molecular complexity index is 568. The number of hydrogen-bond donors (Lipinski definition) is 1. The number of hydrogen-bond acceptors (Lipinski definition) is 5. The largest absolute Gasteiger partial charge is 0.497 e. The van der Waals surface area contributed by atoms with Crippen molar-refractivity contribution in [2.45, 2.75) is 18.9 Å². The summed E-state index contributed by atoms with van der Waals surface area (Å²) in [6.07, 6.45) is 4.00. The molecule has 19 heavy (non-hydrogen) atoms. The average molecular weight is 259 g/mol. The van der Waals surface area contributed by atoms with E-state index in [0.717, 1.165) is 42.6 Å². The molecule has 1 N–H and O–H groups in total. The predicted octanol–water partition coefficient (Wildman–Crippen LogP) is 1.77. The Morgan fingerprint density at radius 2 is 2.11 bits per heavy atom. The highest BCUT2D eigenvalue weighted by atomic mass is 16.5. The Labute approximate surface area is 112 Å². The summed E-state index contributed by atoms with van der Waals surface area (Å²) in [6.45, 7) is 1.98. The molecule has 0 saturated carbocycles. The van der Waals surface area contributed by atoms with Gasteiger partial charge in [-0.2, -0.15) is 4.98 Å². The van der Waals surface area contributed by atoms with Crippen LogP contribution in [0.4, 0.5) is 0 Å². The molecule has 0 bridgehead atoms. The molecule has 0 atom stereocenters. The lowest BCUT2D eigenvalue weighted by Crippen LogP contribution is -2.34. The minimum absolute atomic E-state index is 0.212. The molecule has 1 saturated heterocycles. The fraction of sp³-hybridized carbons (Fsp3) is 0.429. The minimum Gasteiger partial charge on any atom is -0.497 e. The SMILES string of the molecule is COc1ccc2cnc(OC3CCNCC3)nc2c1. The van der Waals surface area contributed by atoms with Gasteiger partial charge in [0.1, 0.15) is 11.9 Å². The zero-order valence-corrected chi connectivity index (χ0v) is 10.9. The van der Waals surface area contributed by atoms with Crippen molar-refractivity contribution in [2.24, 2.45) is 0 Å². The molecule has 1 aromatic heterocycles. The molecule has 2 heterocycles. The lowest BCUT2D eigenvalue weighted by Gasteiger charge is -2.22. The summed E-state index contributed by atoms with van der Waals surface area (Å²) in [6, 6.07) is 6.20. The maximum absolute atomic E-state index is 5.83. The quantitative estimate of drug-likeness (QED) is 0.910. The van der Waals surface area contributed by atoms with Gasteiger partial charge in [0.25, 0.3) is 0 Å². The van der Waals surface area contributed by atoms with Gasteiger partial charge in [-0.3, -0.25) is 0 Å². The van der Waals surface area contributed by atoms with E-state index in [2.05, 4.69) is 15.3 Å². The van der Waals surface area contributed by atoms with Gasteiger partial charge in [0.15, 0.2) is 0 Å². The van der Waals surface area contributed by atoms with Crippen LogP contribution in [0.2, 0.25) is 0 Å². The van der Waals surface area contributed by atoms with Gasteiger partial charge in [-0.05, 0) is 38.1 Å². The first-order valence-electron chi connectivity index (χ1n) is 6.53. The summed E-state index contributed by atoms with van der Waals surface area (Å²) in [5, 5.41) is 4.29. The topological polar surface area (TPSA) is 56.3 Å². The number of nitrogens with zero attached hydrogens (tertiary/aromatic N) is 2. The molecule has 0 amide bonds. The van der Waals surface area contributed by atoms with E-state index >= 15 is 0 Å². The molecule has 100 valence electrons. The molecule has 0 radical (unpaired) electrons. The zero-order chi connectivity index (χ0) is 13.1. The normalized spacial score (nSPS) is 16.5. The summed E-state index contributed by atoms with van der Waals surface area (Å²) in [5.74, 6) is 0.791. The van der Waals surface area contributed by atoms with Crippen molar-refractivity contribution in [3.05, 3.63) is 24.4 Å². The molecular formula is C14H17N3O2. The van der Waals surface area contributed by atoms with Crippen LogP contribution in [0.5, 0.6) is 11.8 Å². The molecule has 2 aromatic rings. The molecular weight excluding hydrogens is 242 g/mol. The van der Waals surface area contributed by atoms with Crippen molar-refractivity contribution in [3.8, 4) is 11.8 Å². The molecule has 1 aliphatic heterocycles. The average Bonchev–Trinajstić information content (AvgIpc) is 2.47. The molecule has 0 spiro atoms. The molecule has 5 nitrogen and oxygen atoms in total. The fourth-order valence-electron chi connectivity index (χ4n) is 2.23. The predicted molar refractivity (Wildman–Crippen MR) is 72.6 cm³/mol. The van der Waals surface area contributed by atoms with Gasteiger partial charge >= 0.3 is 6.01 Å². The zero-order valence-electron chi connectivity index (χ0n) is 10.9. The number of rotatable bonds is 3. The van der Waals surface area contributed by atoms with E-state index in [4.69, 9.17) is 9.47 Å². The number of ether oxygens (including phenoxy) is 2. The number of fused-ring (bicyclic) bond motifs is 1. The third-order valence-corrected chi connectivity index (χ3v) is 3.33. The van der Waals surface area contributed by atoms with Gasteiger partial charge in [-0.15, -0.1) is 0 Å². The van der Waals surface area contributed by atoms with E-state index in [9.17, 15) is 0 Å². The van der Waals surface area contributed by atoms with Crippen LogP contribution in [-0.4, -0.2) is 36.3 Å². The Morgan fingerprint density at radius 1 is 1.26 bits per heavy atom. The fourth-order valence-corrected chi connectivity index (χ4v) is 2.23. The smallest absolute Gasteiger partial charge is 0.317 e. The van der Waals surface area contributed by atoms with Gasteiger partial charge in [-0.1, -0.05) is 0 Å². The molecule has 1 aliphatic rings. The van der Waals surface area contributed by atoms with Gasteiger partial charge in [0.05, 0.1) is 12.6 Å². The summed E-state index contributed by atoms with van der Waals surface area (Å²) < 4.78 is 11.0. The van der Waals surface area contributed by atoms with Crippen molar-refractivity contribution >= 4 is 10.9 Å². The Balaban J connectivity index is 1.83. The maximum atomic E-state index is 5.83. The van der Waals surface area contributed by atoms with E-state index in [-0.39, 0.29) is 6.10 Å². The molecule has 5 heteroatoms. The van der Waals surface area contributed by atoms with E-state index in [1.54, 1.807) is 13.3 Å². The van der Waals surface area contributed by atoms with E-state index in [0.29, 0.717) is 6.01 Å². The maximum Gasteiger partial charge on any atom is 0.317 e. The number of piperidine rings is 1. The Hall–Kier alpha value is -1.88. The first kappa shape index (κ1) is 12.2. The van der Waals surface area contributed by atoms with Gasteiger partial charge in [0, 0.05) is 17.6 Å². The summed E-state index contributed by atoms with van der Waals surface area (Å²) >= 11 is 0. The summed E-state index contributed by atoms with van der Waals surface area (Å²) in [7, 11) is 1.65. The molecule has 0 unspecified atom stereocenters. The van der Waals surface area contributed by atoms with E-state index in [1.165, 1.54) is 0 Å². The highest BCUT2D eigenvalue weighted by Gasteiger charge is 2.15. The number of aromatic nitrogens is 2. The van der Waals surface area contributed by atoms with Crippen LogP contribution >= 0.6 is 0 Å². The van der Waals surface area contributed by atoms with Crippen molar-refractivity contribution in [1.82, 2.24) is 15.3 Å². The second kappa shape index (κ2) is 5.40. The highest BCUT2D eigenvalue weighted by molar-refractivity contribution is 5.79. The number of nitrogens with one attached hydrogen (secondary N) is 1. The van der Waals surface area contributed by atoms with E-state index in [1.807, 2.05) is 18.2 Å². The second-order valence-corrected chi connectivity index (χ2v) is 4.64. The Kier molecular flexibility index (Phi) is 3.46. The minimum atomic E-state index is 0.212. The van der Waals surface area contributed by atoms with Crippen LogP contribution in [0.3, 0.4) is 0 Å². The standard InChI is InChI=1S/C14H17N3O2/c1-18-12-3-2-10-9-16-14(17-13(10)8-12)19-11-4-6-15-7-5-11/h2-3,8-9,11,15H,4-7H2,1H3. The Morgan fingerprint density at radius 3 is 2.89 bits per heavy atom. The first-order valence-corrected chi connectivity index (χ1v) is 6.53. The van der Waals surface area contributed by atoms with Crippen LogP contribution < -0.4 is 14.8 Å². The van der Waals surface area contributed by atoms with Crippen molar-refractivity contribution in [1.29, 1.82) is 0 Å². The van der Waals surface area contributed by atoms with Crippen LogP contribution in [0.1, 0.15) is 12.8 Å². The van der Waals surface area contributed by atoms with E-state index < -0.39 is 0 Å². The van der Waals surface area contributed by atoms with Crippen LogP contribution in [-0.2, 0) is 0 Å². The molecule has 1 fully saturated rings.